The van der Waals surface area contributed by atoms with Crippen LogP contribution in [0.15, 0.2) is 30.5 Å². The monoisotopic (exact) mass is 216 g/mol. The van der Waals surface area contributed by atoms with Gasteiger partial charge in [0.15, 0.2) is 0 Å². The van der Waals surface area contributed by atoms with E-state index in [0.717, 1.165) is 24.2 Å². The minimum Gasteiger partial charge on any atom is -0.382 e. The molecule has 2 aromatic rings. The molecule has 4 heteroatoms. The van der Waals surface area contributed by atoms with E-state index in [0.29, 0.717) is 5.82 Å². The zero-order chi connectivity index (χ0) is 11.4. The van der Waals surface area contributed by atoms with Gasteiger partial charge in [-0.05, 0) is 18.1 Å². The molecule has 0 fully saturated rings. The molecule has 0 aliphatic heterocycles. The number of aromatic amines is 1. The molecule has 0 saturated carbocycles. The Kier molecular flexibility index (Phi) is 3.10. The maximum absolute atomic E-state index is 5.73. The van der Waals surface area contributed by atoms with Gasteiger partial charge in [-0.2, -0.15) is 5.10 Å². The lowest BCUT2D eigenvalue weighted by Crippen LogP contribution is -1.97. The molecule has 0 amide bonds. The number of aromatic nitrogens is 2. The van der Waals surface area contributed by atoms with E-state index in [1.807, 2.05) is 6.07 Å². The van der Waals surface area contributed by atoms with Gasteiger partial charge in [0.2, 0.25) is 0 Å². The standard InChI is InChI=1S/C12H16N4/c1-2-5-9-6-3-4-7-10(9)15-11-8-14-16-12(11)13/h3-4,6-8,15H,2,5H2,1H3,(H3,13,14,16). The van der Waals surface area contributed by atoms with Crippen LogP contribution in [-0.2, 0) is 6.42 Å². The van der Waals surface area contributed by atoms with Crippen LogP contribution >= 0.6 is 0 Å². The highest BCUT2D eigenvalue weighted by Gasteiger charge is 2.04. The molecular weight excluding hydrogens is 200 g/mol. The van der Waals surface area contributed by atoms with Gasteiger partial charge in [0.25, 0.3) is 0 Å². The summed E-state index contributed by atoms with van der Waals surface area (Å²) in [5, 5.41) is 9.87. The van der Waals surface area contributed by atoms with E-state index in [9.17, 15) is 0 Å². The molecule has 0 radical (unpaired) electrons. The number of para-hydroxylation sites is 1. The van der Waals surface area contributed by atoms with E-state index < -0.39 is 0 Å². The van der Waals surface area contributed by atoms with Crippen LogP contribution in [-0.4, -0.2) is 10.2 Å². The van der Waals surface area contributed by atoms with E-state index in [4.69, 9.17) is 5.73 Å². The van der Waals surface area contributed by atoms with E-state index in [-0.39, 0.29) is 0 Å². The fourth-order valence-corrected chi connectivity index (χ4v) is 1.67. The van der Waals surface area contributed by atoms with E-state index in [1.165, 1.54) is 5.56 Å². The van der Waals surface area contributed by atoms with Crippen LogP contribution in [0.5, 0.6) is 0 Å². The topological polar surface area (TPSA) is 66.7 Å². The fourth-order valence-electron chi connectivity index (χ4n) is 1.67. The molecule has 4 N–H and O–H groups in total. The lowest BCUT2D eigenvalue weighted by molar-refractivity contribution is 0.923. The second-order valence-electron chi connectivity index (χ2n) is 3.73. The molecule has 1 aromatic carbocycles. The Balaban J connectivity index is 2.24. The number of hydrogen-bond donors (Lipinski definition) is 3. The quantitative estimate of drug-likeness (QED) is 0.736. The third-order valence-electron chi connectivity index (χ3n) is 2.47. The van der Waals surface area contributed by atoms with Crippen molar-refractivity contribution < 1.29 is 0 Å². The predicted octanol–water partition coefficient (Wildman–Crippen LogP) is 2.69. The zero-order valence-electron chi connectivity index (χ0n) is 9.33. The molecule has 1 heterocycles. The average Bonchev–Trinajstić information content (AvgIpc) is 2.68. The normalized spacial score (nSPS) is 10.3. The molecule has 0 atom stereocenters. The van der Waals surface area contributed by atoms with E-state index in [2.05, 4.69) is 40.6 Å². The smallest absolute Gasteiger partial charge is 0.143 e. The molecule has 0 aliphatic carbocycles. The van der Waals surface area contributed by atoms with Crippen LogP contribution in [0, 0.1) is 0 Å². The van der Waals surface area contributed by atoms with Crippen molar-refractivity contribution in [1.82, 2.24) is 10.2 Å². The molecule has 4 nitrogen and oxygen atoms in total. The molecule has 2 rings (SSSR count). The Morgan fingerprint density at radius 3 is 2.81 bits per heavy atom. The number of nitrogen functional groups attached to an aromatic ring is 1. The van der Waals surface area contributed by atoms with Crippen molar-refractivity contribution in [3.8, 4) is 0 Å². The van der Waals surface area contributed by atoms with Crippen LogP contribution in [0.2, 0.25) is 0 Å². The number of rotatable bonds is 4. The van der Waals surface area contributed by atoms with Crippen molar-refractivity contribution in [3.63, 3.8) is 0 Å². The Labute approximate surface area is 94.9 Å². The number of nitrogens with two attached hydrogens (primary N) is 1. The number of nitrogens with zero attached hydrogens (tertiary/aromatic N) is 1. The van der Waals surface area contributed by atoms with Crippen LogP contribution in [0.1, 0.15) is 18.9 Å². The van der Waals surface area contributed by atoms with Crippen LogP contribution in [0.3, 0.4) is 0 Å². The molecule has 0 unspecified atom stereocenters. The van der Waals surface area contributed by atoms with Gasteiger partial charge >= 0.3 is 0 Å². The van der Waals surface area contributed by atoms with Gasteiger partial charge in [0.1, 0.15) is 11.5 Å². The first-order valence-electron chi connectivity index (χ1n) is 5.45. The number of aryl methyl sites for hydroxylation is 1. The van der Waals surface area contributed by atoms with Crippen molar-refractivity contribution in [2.24, 2.45) is 0 Å². The maximum Gasteiger partial charge on any atom is 0.143 e. The summed E-state index contributed by atoms with van der Waals surface area (Å²) in [6.07, 6.45) is 3.87. The zero-order valence-corrected chi connectivity index (χ0v) is 9.33. The molecule has 0 bridgehead atoms. The predicted molar refractivity (Wildman–Crippen MR) is 66.7 cm³/mol. The van der Waals surface area contributed by atoms with E-state index >= 15 is 0 Å². The van der Waals surface area contributed by atoms with Crippen molar-refractivity contribution >= 4 is 17.2 Å². The van der Waals surface area contributed by atoms with E-state index in [1.54, 1.807) is 6.20 Å². The Morgan fingerprint density at radius 2 is 2.12 bits per heavy atom. The first kappa shape index (κ1) is 10.5. The molecule has 16 heavy (non-hydrogen) atoms. The van der Waals surface area contributed by atoms with Crippen molar-refractivity contribution in [2.45, 2.75) is 19.8 Å². The average molecular weight is 216 g/mol. The third kappa shape index (κ3) is 2.16. The number of anilines is 3. The molecule has 84 valence electrons. The van der Waals surface area contributed by atoms with Gasteiger partial charge in [0, 0.05) is 5.69 Å². The second-order valence-corrected chi connectivity index (χ2v) is 3.73. The summed E-state index contributed by atoms with van der Waals surface area (Å²) in [7, 11) is 0. The largest absolute Gasteiger partial charge is 0.382 e. The highest BCUT2D eigenvalue weighted by molar-refractivity contribution is 5.70. The number of benzene rings is 1. The summed E-state index contributed by atoms with van der Waals surface area (Å²) in [6, 6.07) is 8.24. The fraction of sp³-hybridized carbons (Fsp3) is 0.250. The number of H-pyrrole nitrogens is 1. The summed E-state index contributed by atoms with van der Waals surface area (Å²) in [6.45, 7) is 2.17. The third-order valence-corrected chi connectivity index (χ3v) is 2.47. The summed E-state index contributed by atoms with van der Waals surface area (Å²) in [5.41, 5.74) is 8.95. The van der Waals surface area contributed by atoms with Crippen LogP contribution < -0.4 is 11.1 Å². The molecule has 0 spiro atoms. The molecule has 1 aromatic heterocycles. The van der Waals surface area contributed by atoms with Crippen molar-refractivity contribution in [3.05, 3.63) is 36.0 Å². The number of nitrogens with one attached hydrogen (secondary N) is 2. The van der Waals surface area contributed by atoms with Gasteiger partial charge in [-0.3, -0.25) is 5.10 Å². The molecular formula is C12H16N4. The SMILES string of the molecule is CCCc1ccccc1Nc1cn[nH]c1N. The first-order chi connectivity index (χ1) is 7.81. The highest BCUT2D eigenvalue weighted by atomic mass is 15.2. The van der Waals surface area contributed by atoms with Gasteiger partial charge < -0.3 is 11.1 Å². The first-order valence-corrected chi connectivity index (χ1v) is 5.45. The Morgan fingerprint density at radius 1 is 1.31 bits per heavy atom. The molecule has 0 saturated heterocycles. The Bertz CT molecular complexity index is 462. The Hall–Kier alpha value is -1.97. The minimum atomic E-state index is 0.561. The summed E-state index contributed by atoms with van der Waals surface area (Å²) < 4.78 is 0. The van der Waals surface area contributed by atoms with Crippen molar-refractivity contribution in [2.75, 3.05) is 11.1 Å². The van der Waals surface area contributed by atoms with Gasteiger partial charge in [-0.1, -0.05) is 31.5 Å². The van der Waals surface area contributed by atoms with Gasteiger partial charge in [-0.25, -0.2) is 0 Å². The lowest BCUT2D eigenvalue weighted by Gasteiger charge is -2.10. The van der Waals surface area contributed by atoms with Crippen LogP contribution in [0.4, 0.5) is 17.2 Å². The molecule has 0 aliphatic rings. The van der Waals surface area contributed by atoms with Gasteiger partial charge in [0.05, 0.1) is 6.20 Å². The highest BCUT2D eigenvalue weighted by Crippen LogP contribution is 2.24. The maximum atomic E-state index is 5.73. The number of hydrogen-bond acceptors (Lipinski definition) is 3. The summed E-state index contributed by atoms with van der Waals surface area (Å²) in [4.78, 5) is 0. The second kappa shape index (κ2) is 4.70. The summed E-state index contributed by atoms with van der Waals surface area (Å²) in [5.74, 6) is 0.561. The van der Waals surface area contributed by atoms with Crippen LogP contribution in [0.25, 0.3) is 0 Å². The van der Waals surface area contributed by atoms with Gasteiger partial charge in [-0.15, -0.1) is 0 Å². The summed E-state index contributed by atoms with van der Waals surface area (Å²) >= 11 is 0. The minimum absolute atomic E-state index is 0.561. The van der Waals surface area contributed by atoms with Crippen molar-refractivity contribution in [1.29, 1.82) is 0 Å². The lowest BCUT2D eigenvalue weighted by atomic mass is 10.1.